The lowest BCUT2D eigenvalue weighted by molar-refractivity contribution is -0.123. The smallest absolute Gasteiger partial charge is 0.293 e. The first-order valence-corrected chi connectivity index (χ1v) is 5.72. The predicted octanol–water partition coefficient (Wildman–Crippen LogP) is 2.72. The van der Waals surface area contributed by atoms with Gasteiger partial charge in [-0.1, -0.05) is 0 Å². The second-order valence-electron chi connectivity index (χ2n) is 3.66. The molecule has 0 N–H and O–H groups in total. The van der Waals surface area contributed by atoms with Crippen molar-refractivity contribution in [2.45, 2.75) is 19.9 Å². The van der Waals surface area contributed by atoms with Crippen molar-refractivity contribution in [2.75, 3.05) is 0 Å². The zero-order valence-corrected chi connectivity index (χ0v) is 9.78. The second-order valence-corrected chi connectivity index (χ2v) is 4.65. The van der Waals surface area contributed by atoms with E-state index in [-0.39, 0.29) is 17.2 Å². The molecule has 0 radical (unpaired) electrons. The lowest BCUT2D eigenvalue weighted by atomic mass is 10.3. The highest BCUT2D eigenvalue weighted by molar-refractivity contribution is 8.18. The zero-order valence-electron chi connectivity index (χ0n) is 8.97. The summed E-state index contributed by atoms with van der Waals surface area (Å²) in [5.74, 6) is 0.329. The largest absolute Gasteiger partial charge is 0.465 e. The molecule has 0 unspecified atom stereocenters. The minimum absolute atomic E-state index is 0.116. The maximum absolute atomic E-state index is 11.9. The molecule has 4 nitrogen and oxygen atoms in total. The van der Waals surface area contributed by atoms with E-state index in [0.717, 1.165) is 11.8 Å². The topological polar surface area (TPSA) is 50.5 Å². The molecule has 84 valence electrons. The standard InChI is InChI=1S/C11H11NO3S/c1-7(2)12-10(13)9(16-11(12)14)6-8-4-3-5-15-8/h3-7H,1-2H3/b9-6-. The van der Waals surface area contributed by atoms with Crippen molar-refractivity contribution in [1.29, 1.82) is 0 Å². The summed E-state index contributed by atoms with van der Waals surface area (Å²) in [6.45, 7) is 3.62. The molecular formula is C11H11NO3S. The number of imide groups is 1. The van der Waals surface area contributed by atoms with Gasteiger partial charge in [0, 0.05) is 12.1 Å². The lowest BCUT2D eigenvalue weighted by Gasteiger charge is -2.16. The first-order valence-electron chi connectivity index (χ1n) is 4.90. The summed E-state index contributed by atoms with van der Waals surface area (Å²) < 4.78 is 5.10. The SMILES string of the molecule is CC(C)N1C(=O)S/C(=C\c2ccco2)C1=O. The molecule has 2 amide bonds. The molecule has 0 saturated carbocycles. The average Bonchev–Trinajstić information content (AvgIpc) is 2.76. The maximum Gasteiger partial charge on any atom is 0.293 e. The monoisotopic (exact) mass is 237 g/mol. The van der Waals surface area contributed by atoms with Crippen LogP contribution in [0.2, 0.25) is 0 Å². The van der Waals surface area contributed by atoms with Crippen molar-refractivity contribution in [1.82, 2.24) is 4.90 Å². The van der Waals surface area contributed by atoms with Gasteiger partial charge in [-0.3, -0.25) is 14.5 Å². The molecule has 1 aliphatic rings. The third-order valence-electron chi connectivity index (χ3n) is 2.16. The van der Waals surface area contributed by atoms with Gasteiger partial charge in [0.2, 0.25) is 0 Å². The van der Waals surface area contributed by atoms with Crippen LogP contribution in [0.15, 0.2) is 27.7 Å². The maximum atomic E-state index is 11.9. The van der Waals surface area contributed by atoms with Gasteiger partial charge in [0.25, 0.3) is 11.1 Å². The Bertz CT molecular complexity index is 448. The third-order valence-corrected chi connectivity index (χ3v) is 3.04. The van der Waals surface area contributed by atoms with Gasteiger partial charge in [0.05, 0.1) is 11.2 Å². The highest BCUT2D eigenvalue weighted by Gasteiger charge is 2.36. The van der Waals surface area contributed by atoms with E-state index in [9.17, 15) is 9.59 Å². The highest BCUT2D eigenvalue weighted by Crippen LogP contribution is 2.33. The molecule has 1 saturated heterocycles. The van der Waals surface area contributed by atoms with Gasteiger partial charge in [-0.2, -0.15) is 0 Å². The summed E-state index contributed by atoms with van der Waals surface area (Å²) in [4.78, 5) is 25.1. The number of thioether (sulfide) groups is 1. The molecule has 0 aromatic carbocycles. The molecule has 1 aromatic heterocycles. The third kappa shape index (κ3) is 1.90. The molecule has 0 spiro atoms. The van der Waals surface area contributed by atoms with Crippen LogP contribution >= 0.6 is 11.8 Å². The molecule has 0 atom stereocenters. The Labute approximate surface area is 97.3 Å². The molecule has 0 aliphatic carbocycles. The van der Waals surface area contributed by atoms with Crippen LogP contribution in [0.25, 0.3) is 6.08 Å². The van der Waals surface area contributed by atoms with Crippen LogP contribution in [0.5, 0.6) is 0 Å². The number of carbonyl (C=O) groups is 2. The van der Waals surface area contributed by atoms with Gasteiger partial charge in [0.1, 0.15) is 5.76 Å². The van der Waals surface area contributed by atoms with Crippen molar-refractivity contribution in [3.05, 3.63) is 29.1 Å². The van der Waals surface area contributed by atoms with Crippen LogP contribution in [-0.2, 0) is 4.79 Å². The van der Waals surface area contributed by atoms with Crippen molar-refractivity contribution < 1.29 is 14.0 Å². The normalized spacial score (nSPS) is 19.2. The fourth-order valence-corrected chi connectivity index (χ4v) is 2.37. The first-order chi connectivity index (χ1) is 7.59. The van der Waals surface area contributed by atoms with E-state index < -0.39 is 0 Å². The molecule has 5 heteroatoms. The minimum atomic E-state index is -0.249. The molecule has 1 aromatic rings. The van der Waals surface area contributed by atoms with Crippen LogP contribution in [0.3, 0.4) is 0 Å². The van der Waals surface area contributed by atoms with Gasteiger partial charge in [-0.25, -0.2) is 0 Å². The predicted molar refractivity (Wildman–Crippen MR) is 61.7 cm³/mol. The van der Waals surface area contributed by atoms with Crippen molar-refractivity contribution in [3.63, 3.8) is 0 Å². The van der Waals surface area contributed by atoms with Gasteiger partial charge < -0.3 is 4.42 Å². The number of amides is 2. The number of nitrogens with zero attached hydrogens (tertiary/aromatic N) is 1. The van der Waals surface area contributed by atoms with E-state index in [4.69, 9.17) is 4.42 Å². The summed E-state index contributed by atoms with van der Waals surface area (Å²) in [5.41, 5.74) is 0. The van der Waals surface area contributed by atoms with Gasteiger partial charge >= 0.3 is 0 Å². The van der Waals surface area contributed by atoms with Crippen molar-refractivity contribution in [3.8, 4) is 0 Å². The van der Waals surface area contributed by atoms with Gasteiger partial charge in [-0.05, 0) is 37.7 Å². The van der Waals surface area contributed by atoms with E-state index in [2.05, 4.69) is 0 Å². The van der Waals surface area contributed by atoms with Gasteiger partial charge in [0.15, 0.2) is 0 Å². The Morgan fingerprint density at radius 3 is 2.69 bits per heavy atom. The van der Waals surface area contributed by atoms with Crippen LogP contribution in [-0.4, -0.2) is 22.1 Å². The molecule has 0 bridgehead atoms. The quantitative estimate of drug-likeness (QED) is 0.742. The van der Waals surface area contributed by atoms with Gasteiger partial charge in [-0.15, -0.1) is 0 Å². The number of hydrogen-bond donors (Lipinski definition) is 0. The second kappa shape index (κ2) is 4.17. The molecule has 2 heterocycles. The van der Waals surface area contributed by atoms with Crippen LogP contribution < -0.4 is 0 Å². The molecule has 16 heavy (non-hydrogen) atoms. The van der Waals surface area contributed by atoms with E-state index in [1.165, 1.54) is 11.2 Å². The number of rotatable bonds is 2. The van der Waals surface area contributed by atoms with E-state index in [0.29, 0.717) is 10.7 Å². The Kier molecular flexibility index (Phi) is 2.87. The Morgan fingerprint density at radius 2 is 2.19 bits per heavy atom. The Hall–Kier alpha value is -1.49. The van der Waals surface area contributed by atoms with E-state index in [1.54, 1.807) is 18.2 Å². The number of furan rings is 1. The summed E-state index contributed by atoms with van der Waals surface area (Å²) in [7, 11) is 0. The van der Waals surface area contributed by atoms with E-state index in [1.807, 2.05) is 13.8 Å². The molecule has 2 rings (SSSR count). The van der Waals surface area contributed by atoms with Crippen LogP contribution in [0.4, 0.5) is 4.79 Å². The van der Waals surface area contributed by atoms with Crippen LogP contribution in [0, 0.1) is 0 Å². The average molecular weight is 237 g/mol. The zero-order chi connectivity index (χ0) is 11.7. The summed E-state index contributed by atoms with van der Waals surface area (Å²) in [5, 5.41) is -0.224. The lowest BCUT2D eigenvalue weighted by Crippen LogP contribution is -2.34. The Balaban J connectivity index is 2.27. The molecule has 1 aliphatic heterocycles. The summed E-state index contributed by atoms with van der Waals surface area (Å²) >= 11 is 0.947. The summed E-state index contributed by atoms with van der Waals surface area (Å²) in [6.07, 6.45) is 3.12. The number of carbonyl (C=O) groups excluding carboxylic acids is 2. The number of hydrogen-bond acceptors (Lipinski definition) is 4. The fourth-order valence-electron chi connectivity index (χ4n) is 1.43. The van der Waals surface area contributed by atoms with E-state index >= 15 is 0 Å². The Morgan fingerprint density at radius 1 is 1.44 bits per heavy atom. The summed E-state index contributed by atoms with van der Waals surface area (Å²) in [6, 6.07) is 3.36. The highest BCUT2D eigenvalue weighted by atomic mass is 32.2. The molecular weight excluding hydrogens is 226 g/mol. The fraction of sp³-hybridized carbons (Fsp3) is 0.273. The molecule has 1 fully saturated rings. The minimum Gasteiger partial charge on any atom is -0.465 e. The van der Waals surface area contributed by atoms with Crippen molar-refractivity contribution >= 4 is 29.0 Å². The van der Waals surface area contributed by atoms with Crippen molar-refractivity contribution in [2.24, 2.45) is 0 Å². The van der Waals surface area contributed by atoms with Crippen LogP contribution in [0.1, 0.15) is 19.6 Å². The first kappa shape index (κ1) is 11.0.